The number of rotatable bonds is 8. The molecule has 0 spiro atoms. The lowest BCUT2D eigenvalue weighted by Crippen LogP contribution is -2.47. The standard InChI is InChI=1S/C25H31N3O3/c1-16-3-4-23(17(2)29)24(5-16)31-15-21-13-28(27-26-21)14-22(30)12-25-9-18-6-19(10-25)8-20(7-18)11-25/h3-5,13,18-20H,6-12,14-15H2,1-2H3. The quantitative estimate of drug-likeness (QED) is 0.585. The largest absolute Gasteiger partial charge is 0.486 e. The number of benzene rings is 1. The molecular weight excluding hydrogens is 390 g/mol. The normalized spacial score (nSPS) is 28.6. The van der Waals surface area contributed by atoms with E-state index in [1.165, 1.54) is 45.4 Å². The van der Waals surface area contributed by atoms with Crippen molar-refractivity contribution in [3.63, 3.8) is 0 Å². The van der Waals surface area contributed by atoms with Gasteiger partial charge in [-0.15, -0.1) is 5.10 Å². The number of ether oxygens (including phenoxy) is 1. The molecule has 6 nitrogen and oxygen atoms in total. The summed E-state index contributed by atoms with van der Waals surface area (Å²) in [6.45, 7) is 3.98. The first-order valence-corrected chi connectivity index (χ1v) is 11.5. The van der Waals surface area contributed by atoms with E-state index in [9.17, 15) is 9.59 Å². The molecule has 2 aromatic rings. The number of carbonyl (C=O) groups excluding carboxylic acids is 2. The van der Waals surface area contributed by atoms with Crippen LogP contribution in [-0.4, -0.2) is 26.6 Å². The molecule has 0 amide bonds. The zero-order valence-electron chi connectivity index (χ0n) is 18.5. The minimum atomic E-state index is -0.0334. The Balaban J connectivity index is 1.18. The maximum atomic E-state index is 12.9. The molecule has 4 saturated carbocycles. The van der Waals surface area contributed by atoms with Crippen LogP contribution in [0.3, 0.4) is 0 Å². The van der Waals surface area contributed by atoms with Crippen LogP contribution < -0.4 is 4.74 Å². The second kappa shape index (κ2) is 7.88. The maximum Gasteiger partial charge on any atom is 0.163 e. The highest BCUT2D eigenvalue weighted by molar-refractivity contribution is 5.96. The van der Waals surface area contributed by atoms with Gasteiger partial charge >= 0.3 is 0 Å². The summed E-state index contributed by atoms with van der Waals surface area (Å²) in [4.78, 5) is 24.7. The molecule has 0 N–H and O–H groups in total. The average Bonchev–Trinajstić information content (AvgIpc) is 3.11. The first-order chi connectivity index (χ1) is 14.9. The summed E-state index contributed by atoms with van der Waals surface area (Å²) in [6, 6.07) is 5.54. The fourth-order valence-electron chi connectivity index (χ4n) is 6.83. The Morgan fingerprint density at radius 2 is 1.81 bits per heavy atom. The number of aryl methyl sites for hydroxylation is 1. The first-order valence-electron chi connectivity index (χ1n) is 11.5. The van der Waals surface area contributed by atoms with Crippen LogP contribution in [0, 0.1) is 30.1 Å². The van der Waals surface area contributed by atoms with Gasteiger partial charge in [0.2, 0.25) is 0 Å². The van der Waals surface area contributed by atoms with Gasteiger partial charge in [-0.25, -0.2) is 4.68 Å². The van der Waals surface area contributed by atoms with E-state index < -0.39 is 0 Å². The van der Waals surface area contributed by atoms with Crippen molar-refractivity contribution in [3.05, 3.63) is 41.2 Å². The SMILES string of the molecule is CC(=O)c1ccc(C)cc1OCc1cn(CC(=O)CC23CC4CC(CC(C4)C2)C3)nn1. The lowest BCUT2D eigenvalue weighted by Gasteiger charge is -2.56. The third-order valence-electron chi connectivity index (χ3n) is 7.55. The molecule has 4 bridgehead atoms. The highest BCUT2D eigenvalue weighted by Crippen LogP contribution is 2.61. The number of nitrogens with zero attached hydrogens (tertiary/aromatic N) is 3. The number of hydrogen-bond donors (Lipinski definition) is 0. The molecule has 1 aromatic heterocycles. The summed E-state index contributed by atoms with van der Waals surface area (Å²) in [5.74, 6) is 3.35. The molecule has 0 aliphatic heterocycles. The number of hydrogen-bond acceptors (Lipinski definition) is 5. The van der Waals surface area contributed by atoms with Crippen LogP contribution >= 0.6 is 0 Å². The second-order valence-electron chi connectivity index (χ2n) is 10.4. The Labute approximate surface area is 183 Å². The van der Waals surface area contributed by atoms with Crippen LogP contribution in [0.15, 0.2) is 24.4 Å². The molecule has 1 heterocycles. The monoisotopic (exact) mass is 421 g/mol. The van der Waals surface area contributed by atoms with Gasteiger partial charge in [0, 0.05) is 6.42 Å². The zero-order valence-corrected chi connectivity index (χ0v) is 18.5. The van der Waals surface area contributed by atoms with Crippen molar-refractivity contribution >= 4 is 11.6 Å². The van der Waals surface area contributed by atoms with Crippen LogP contribution in [-0.2, 0) is 17.9 Å². The van der Waals surface area contributed by atoms with E-state index in [-0.39, 0.29) is 30.1 Å². The van der Waals surface area contributed by atoms with Gasteiger partial charge in [0.1, 0.15) is 24.6 Å². The molecule has 4 fully saturated rings. The molecule has 6 heteroatoms. The van der Waals surface area contributed by atoms with Crippen molar-refractivity contribution in [1.82, 2.24) is 15.0 Å². The molecular formula is C25H31N3O3. The highest BCUT2D eigenvalue weighted by Gasteiger charge is 2.51. The van der Waals surface area contributed by atoms with Crippen molar-refractivity contribution in [2.24, 2.45) is 23.2 Å². The van der Waals surface area contributed by atoms with Crippen molar-refractivity contribution in [2.45, 2.75) is 71.9 Å². The summed E-state index contributed by atoms with van der Waals surface area (Å²) in [7, 11) is 0. The minimum absolute atomic E-state index is 0.0334. The molecule has 6 rings (SSSR count). The van der Waals surface area contributed by atoms with Gasteiger partial charge in [-0.3, -0.25) is 9.59 Å². The van der Waals surface area contributed by atoms with Crippen LogP contribution in [0.4, 0.5) is 0 Å². The van der Waals surface area contributed by atoms with Gasteiger partial charge in [0.25, 0.3) is 0 Å². The van der Waals surface area contributed by atoms with Crippen LogP contribution in [0.2, 0.25) is 0 Å². The average molecular weight is 422 g/mol. The third-order valence-corrected chi connectivity index (χ3v) is 7.55. The fourth-order valence-corrected chi connectivity index (χ4v) is 6.83. The Bertz CT molecular complexity index is 974. The van der Waals surface area contributed by atoms with E-state index >= 15 is 0 Å². The van der Waals surface area contributed by atoms with E-state index in [4.69, 9.17) is 4.74 Å². The molecule has 31 heavy (non-hydrogen) atoms. The Kier molecular flexibility index (Phi) is 5.19. The van der Waals surface area contributed by atoms with Gasteiger partial charge in [-0.05, 0) is 93.2 Å². The fraction of sp³-hybridized carbons (Fsp3) is 0.600. The minimum Gasteiger partial charge on any atom is -0.486 e. The van der Waals surface area contributed by atoms with Gasteiger partial charge < -0.3 is 4.74 Å². The second-order valence-corrected chi connectivity index (χ2v) is 10.4. The molecule has 4 aliphatic rings. The Morgan fingerprint density at radius 1 is 1.13 bits per heavy atom. The van der Waals surface area contributed by atoms with E-state index in [0.29, 0.717) is 23.4 Å². The van der Waals surface area contributed by atoms with E-state index in [1.807, 2.05) is 19.1 Å². The number of carbonyl (C=O) groups is 2. The Morgan fingerprint density at radius 3 is 2.45 bits per heavy atom. The summed E-state index contributed by atoms with van der Waals surface area (Å²) in [5.41, 5.74) is 2.49. The molecule has 0 radical (unpaired) electrons. The van der Waals surface area contributed by atoms with Gasteiger partial charge in [-0.1, -0.05) is 11.3 Å². The van der Waals surface area contributed by atoms with E-state index in [0.717, 1.165) is 23.3 Å². The molecule has 0 saturated heterocycles. The van der Waals surface area contributed by atoms with Gasteiger partial charge in [0.15, 0.2) is 11.6 Å². The van der Waals surface area contributed by atoms with Gasteiger partial charge in [0.05, 0.1) is 11.8 Å². The summed E-state index contributed by atoms with van der Waals surface area (Å²) >= 11 is 0. The van der Waals surface area contributed by atoms with Crippen molar-refractivity contribution in [3.8, 4) is 5.75 Å². The molecule has 1 aromatic carbocycles. The third kappa shape index (κ3) is 4.30. The Hall–Kier alpha value is -2.50. The van der Waals surface area contributed by atoms with Crippen LogP contribution in [0.25, 0.3) is 0 Å². The van der Waals surface area contributed by atoms with Crippen LogP contribution in [0.5, 0.6) is 5.75 Å². The van der Waals surface area contributed by atoms with E-state index in [1.54, 1.807) is 16.9 Å². The zero-order chi connectivity index (χ0) is 21.6. The lowest BCUT2D eigenvalue weighted by atomic mass is 9.48. The number of ketones is 2. The summed E-state index contributed by atoms with van der Waals surface area (Å²) in [6.07, 6.45) is 10.4. The lowest BCUT2D eigenvalue weighted by molar-refractivity contribution is -0.128. The van der Waals surface area contributed by atoms with Crippen molar-refractivity contribution in [2.75, 3.05) is 0 Å². The first kappa shape index (κ1) is 20.4. The topological polar surface area (TPSA) is 74.1 Å². The number of Topliss-reactive ketones (excluding diaryl/α,β-unsaturated/α-hetero) is 2. The predicted octanol–water partition coefficient (Wildman–Crippen LogP) is 4.54. The summed E-state index contributed by atoms with van der Waals surface area (Å²) in [5, 5.41) is 8.30. The van der Waals surface area contributed by atoms with Gasteiger partial charge in [-0.2, -0.15) is 0 Å². The van der Waals surface area contributed by atoms with Crippen molar-refractivity contribution in [1.29, 1.82) is 0 Å². The smallest absolute Gasteiger partial charge is 0.163 e. The molecule has 4 aliphatic carbocycles. The summed E-state index contributed by atoms with van der Waals surface area (Å²) < 4.78 is 7.48. The maximum absolute atomic E-state index is 12.9. The molecule has 0 atom stereocenters. The number of aromatic nitrogens is 3. The highest BCUT2D eigenvalue weighted by atomic mass is 16.5. The van der Waals surface area contributed by atoms with Crippen LogP contribution in [0.1, 0.15) is 73.5 Å². The predicted molar refractivity (Wildman–Crippen MR) is 116 cm³/mol. The molecule has 0 unspecified atom stereocenters. The van der Waals surface area contributed by atoms with Crippen molar-refractivity contribution < 1.29 is 14.3 Å². The molecule has 164 valence electrons. The van der Waals surface area contributed by atoms with E-state index in [2.05, 4.69) is 10.3 Å².